The highest BCUT2D eigenvalue weighted by atomic mass is 32.2. The van der Waals surface area contributed by atoms with Crippen LogP contribution in [0.3, 0.4) is 0 Å². The van der Waals surface area contributed by atoms with E-state index in [1.165, 1.54) is 6.54 Å². The Balaban J connectivity index is 1.49. The molecule has 2 aromatic heterocycles. The largest absolute Gasteiger partial charge is 0.451 e. The van der Waals surface area contributed by atoms with Gasteiger partial charge < -0.3 is 14.1 Å². The van der Waals surface area contributed by atoms with Gasteiger partial charge in [-0.2, -0.15) is 0 Å². The summed E-state index contributed by atoms with van der Waals surface area (Å²) in [7, 11) is 0. The molecule has 6 heteroatoms. The lowest BCUT2D eigenvalue weighted by atomic mass is 10.2. The van der Waals surface area contributed by atoms with Crippen LogP contribution in [0.5, 0.6) is 0 Å². The molecular weight excluding hydrogens is 334 g/mol. The summed E-state index contributed by atoms with van der Waals surface area (Å²) in [6, 6.07) is 8.00. The zero-order chi connectivity index (χ0) is 17.2. The minimum Gasteiger partial charge on any atom is -0.451 e. The lowest BCUT2D eigenvalue weighted by Gasteiger charge is -2.30. The third-order valence-electron chi connectivity index (χ3n) is 4.55. The van der Waals surface area contributed by atoms with E-state index < -0.39 is 0 Å². The number of nitrogens with one attached hydrogen (secondary N) is 1. The number of nitrogens with zero attached hydrogens (tertiary/aromatic N) is 2. The fourth-order valence-electron chi connectivity index (χ4n) is 3.50. The third kappa shape index (κ3) is 3.66. The average molecular weight is 358 g/mol. The summed E-state index contributed by atoms with van der Waals surface area (Å²) in [4.78, 5) is 10.5. The van der Waals surface area contributed by atoms with Gasteiger partial charge in [0.1, 0.15) is 41.6 Å². The van der Waals surface area contributed by atoms with Gasteiger partial charge in [-0.05, 0) is 12.1 Å². The van der Waals surface area contributed by atoms with Crippen molar-refractivity contribution in [1.82, 2.24) is 9.97 Å². The van der Waals surface area contributed by atoms with Crippen molar-refractivity contribution in [2.75, 3.05) is 32.0 Å². The summed E-state index contributed by atoms with van der Waals surface area (Å²) in [6.07, 6.45) is 1.90. The first-order valence-corrected chi connectivity index (χ1v) is 9.89. The maximum absolute atomic E-state index is 6.01. The van der Waals surface area contributed by atoms with E-state index in [9.17, 15) is 0 Å². The quantitative estimate of drug-likeness (QED) is 0.561. The predicted octanol–water partition coefficient (Wildman–Crippen LogP) is 2.41. The molecule has 3 aromatic rings. The molecule has 5 nitrogen and oxygen atoms in total. The number of furan rings is 1. The molecular formula is C19H24N3O2S+. The van der Waals surface area contributed by atoms with Gasteiger partial charge in [-0.3, -0.25) is 0 Å². The summed E-state index contributed by atoms with van der Waals surface area (Å²) >= 11 is 1.71. The van der Waals surface area contributed by atoms with Gasteiger partial charge in [0, 0.05) is 17.1 Å². The van der Waals surface area contributed by atoms with E-state index in [0.717, 1.165) is 58.5 Å². The van der Waals surface area contributed by atoms with Gasteiger partial charge in [-0.25, -0.2) is 9.97 Å². The Bertz CT molecular complexity index is 864. The van der Waals surface area contributed by atoms with Crippen molar-refractivity contribution in [1.29, 1.82) is 0 Å². The molecule has 0 radical (unpaired) electrons. The Labute approximate surface area is 151 Å². The van der Waals surface area contributed by atoms with Crippen LogP contribution in [-0.2, 0) is 4.74 Å². The molecule has 1 aliphatic rings. The number of rotatable bonds is 5. The second kappa shape index (κ2) is 7.32. The third-order valence-corrected chi connectivity index (χ3v) is 5.66. The van der Waals surface area contributed by atoms with Crippen LogP contribution in [0.15, 0.2) is 40.0 Å². The molecule has 1 saturated heterocycles. The lowest BCUT2D eigenvalue weighted by molar-refractivity contribution is -0.914. The van der Waals surface area contributed by atoms with Crippen molar-refractivity contribution < 1.29 is 14.1 Å². The smallest absolute Gasteiger partial charge is 0.186 e. The van der Waals surface area contributed by atoms with Crippen molar-refractivity contribution in [2.24, 2.45) is 5.92 Å². The highest BCUT2D eigenvalue weighted by Gasteiger charge is 2.25. The number of quaternary nitrogens is 1. The summed E-state index contributed by atoms with van der Waals surface area (Å²) in [5.41, 5.74) is 2.54. The van der Waals surface area contributed by atoms with E-state index in [-0.39, 0.29) is 6.10 Å². The number of aromatic nitrogens is 2. The highest BCUT2D eigenvalue weighted by Crippen LogP contribution is 2.32. The maximum atomic E-state index is 6.01. The number of ether oxygens (including phenoxy) is 1. The van der Waals surface area contributed by atoms with Gasteiger partial charge in [0.15, 0.2) is 5.58 Å². The first-order chi connectivity index (χ1) is 12.2. The number of benzene rings is 1. The minimum absolute atomic E-state index is 0.266. The molecule has 1 aromatic carbocycles. The number of fused-ring (bicyclic) bond motifs is 3. The van der Waals surface area contributed by atoms with Crippen LogP contribution in [0.1, 0.15) is 13.8 Å². The molecule has 132 valence electrons. The van der Waals surface area contributed by atoms with Crippen LogP contribution in [-0.4, -0.2) is 48.1 Å². The maximum Gasteiger partial charge on any atom is 0.186 e. The number of para-hydroxylation sites is 1. The first kappa shape index (κ1) is 16.8. The van der Waals surface area contributed by atoms with Crippen LogP contribution < -0.4 is 4.90 Å². The number of thioether (sulfide) groups is 1. The van der Waals surface area contributed by atoms with E-state index in [0.29, 0.717) is 0 Å². The van der Waals surface area contributed by atoms with Crippen molar-refractivity contribution in [3.63, 3.8) is 0 Å². The predicted molar refractivity (Wildman–Crippen MR) is 100 cm³/mol. The van der Waals surface area contributed by atoms with Gasteiger partial charge in [0.25, 0.3) is 0 Å². The fraction of sp³-hybridized carbons (Fsp3) is 0.474. The van der Waals surface area contributed by atoms with Crippen LogP contribution in [0, 0.1) is 5.92 Å². The zero-order valence-corrected chi connectivity index (χ0v) is 15.5. The second-order valence-corrected chi connectivity index (χ2v) is 8.07. The van der Waals surface area contributed by atoms with Gasteiger partial charge in [0.05, 0.1) is 13.2 Å². The summed E-state index contributed by atoms with van der Waals surface area (Å²) in [5.74, 6) is 1.61. The van der Waals surface area contributed by atoms with Gasteiger partial charge in [0.2, 0.25) is 0 Å². The Hall–Kier alpha value is -1.63. The average Bonchev–Trinajstić information content (AvgIpc) is 2.99. The summed E-state index contributed by atoms with van der Waals surface area (Å²) < 4.78 is 12.0. The van der Waals surface area contributed by atoms with E-state index in [4.69, 9.17) is 9.15 Å². The molecule has 1 unspecified atom stereocenters. The van der Waals surface area contributed by atoms with Gasteiger partial charge in [-0.1, -0.05) is 37.7 Å². The van der Waals surface area contributed by atoms with Crippen molar-refractivity contribution in [2.45, 2.75) is 25.0 Å². The van der Waals surface area contributed by atoms with Crippen LogP contribution in [0.2, 0.25) is 0 Å². The molecule has 0 amide bonds. The molecule has 4 rings (SSSR count). The monoisotopic (exact) mass is 358 g/mol. The van der Waals surface area contributed by atoms with Crippen LogP contribution >= 0.6 is 11.8 Å². The topological polar surface area (TPSA) is 52.6 Å². The standard InChI is InChI=1S/C19H23N3O2S/c1-13(2)9-22-7-8-23-14(10-22)11-25-19-18-17(20-12-21-19)15-5-3-4-6-16(15)24-18/h3-6,12-14H,7-11H2,1-2H3/p+1/t14-/m0/s1. The minimum atomic E-state index is 0.266. The lowest BCUT2D eigenvalue weighted by Crippen LogP contribution is -3.15. The molecule has 0 spiro atoms. The highest BCUT2D eigenvalue weighted by molar-refractivity contribution is 7.99. The SMILES string of the molecule is CC(C)C[NH+]1CCO[C@H](CSc2ncnc3c2oc2ccccc23)C1. The molecule has 0 aliphatic carbocycles. The molecule has 0 saturated carbocycles. The van der Waals surface area contributed by atoms with E-state index in [1.54, 1.807) is 23.0 Å². The molecule has 1 fully saturated rings. The van der Waals surface area contributed by atoms with Crippen molar-refractivity contribution in [3.8, 4) is 0 Å². The Morgan fingerprint density at radius 3 is 3.04 bits per heavy atom. The van der Waals surface area contributed by atoms with Gasteiger partial charge >= 0.3 is 0 Å². The van der Waals surface area contributed by atoms with Crippen LogP contribution in [0.4, 0.5) is 0 Å². The summed E-state index contributed by atoms with van der Waals surface area (Å²) in [6.45, 7) is 8.81. The van der Waals surface area contributed by atoms with Crippen molar-refractivity contribution >= 4 is 33.8 Å². The van der Waals surface area contributed by atoms with E-state index in [1.807, 2.05) is 24.3 Å². The molecule has 1 N–H and O–H groups in total. The number of morpholine rings is 1. The zero-order valence-electron chi connectivity index (χ0n) is 14.7. The Kier molecular flexibility index (Phi) is 4.92. The molecule has 0 bridgehead atoms. The Morgan fingerprint density at radius 2 is 2.16 bits per heavy atom. The number of hydrogen-bond donors (Lipinski definition) is 1. The first-order valence-electron chi connectivity index (χ1n) is 8.91. The van der Waals surface area contributed by atoms with Crippen molar-refractivity contribution in [3.05, 3.63) is 30.6 Å². The molecule has 2 atom stereocenters. The second-order valence-electron chi connectivity index (χ2n) is 7.06. The molecule has 3 heterocycles. The Morgan fingerprint density at radius 1 is 1.28 bits per heavy atom. The van der Waals surface area contributed by atoms with Gasteiger partial charge in [-0.15, -0.1) is 0 Å². The van der Waals surface area contributed by atoms with Crippen LogP contribution in [0.25, 0.3) is 22.1 Å². The molecule has 25 heavy (non-hydrogen) atoms. The van der Waals surface area contributed by atoms with E-state index >= 15 is 0 Å². The summed E-state index contributed by atoms with van der Waals surface area (Å²) in [5, 5.41) is 1.95. The number of hydrogen-bond acceptors (Lipinski definition) is 5. The van der Waals surface area contributed by atoms with E-state index in [2.05, 4.69) is 23.8 Å². The molecule has 1 aliphatic heterocycles. The fourth-order valence-corrected chi connectivity index (χ4v) is 4.45. The normalized spacial score (nSPS) is 21.4.